The molecule has 0 N–H and O–H groups in total. The first-order chi connectivity index (χ1) is 11.6. The lowest BCUT2D eigenvalue weighted by atomic mass is 9.95. The molecule has 2 aromatic carbocycles. The molecule has 1 atom stereocenters. The number of carbonyl (C=O) groups is 1. The molecule has 25 heavy (non-hydrogen) atoms. The maximum Gasteiger partial charge on any atom is 0.354 e. The van der Waals surface area contributed by atoms with Gasteiger partial charge in [0, 0.05) is 17.9 Å². The van der Waals surface area contributed by atoms with E-state index < -0.39 is 33.0 Å². The summed E-state index contributed by atoms with van der Waals surface area (Å²) in [6, 6.07) is 8.01. The van der Waals surface area contributed by atoms with Crippen LogP contribution in [0, 0.1) is 11.6 Å². The van der Waals surface area contributed by atoms with Crippen molar-refractivity contribution in [2.24, 2.45) is 0 Å². The first-order valence-electron chi connectivity index (χ1n) is 7.11. The summed E-state index contributed by atoms with van der Waals surface area (Å²) in [6.45, 7) is 1.34. The lowest BCUT2D eigenvalue weighted by molar-refractivity contribution is -0.158. The highest BCUT2D eigenvalue weighted by Gasteiger charge is 2.40. The molecular weight excluding hydrogens is 354 g/mol. The second kappa shape index (κ2) is 6.79. The predicted octanol–water partition coefficient (Wildman–Crippen LogP) is 2.84. The number of ether oxygens (including phenoxy) is 2. The minimum Gasteiger partial charge on any atom is -0.468 e. The van der Waals surface area contributed by atoms with Crippen LogP contribution >= 0.6 is 0 Å². The topological polar surface area (TPSA) is 69.7 Å². The average molecular weight is 370 g/mol. The molecule has 5 nitrogen and oxygen atoms in total. The molecule has 0 aliphatic carbocycles. The SMILES string of the molecule is COC(=O)C(C)(Oc1ccc(F)cc1F)c1ccc(S(C)(=O)=O)cc1. The van der Waals surface area contributed by atoms with E-state index >= 15 is 0 Å². The smallest absolute Gasteiger partial charge is 0.354 e. The third-order valence-electron chi connectivity index (χ3n) is 3.62. The van der Waals surface area contributed by atoms with Crippen molar-refractivity contribution in [3.8, 4) is 5.75 Å². The molecule has 0 bridgehead atoms. The number of esters is 1. The van der Waals surface area contributed by atoms with Crippen molar-refractivity contribution in [2.45, 2.75) is 17.4 Å². The molecule has 0 heterocycles. The fourth-order valence-corrected chi connectivity index (χ4v) is 2.84. The van der Waals surface area contributed by atoms with Crippen LogP contribution in [-0.2, 0) is 25.0 Å². The van der Waals surface area contributed by atoms with Gasteiger partial charge in [0.1, 0.15) is 5.82 Å². The number of halogens is 2. The molecule has 0 spiro atoms. The van der Waals surface area contributed by atoms with E-state index in [0.29, 0.717) is 6.07 Å². The van der Waals surface area contributed by atoms with Crippen LogP contribution in [0.3, 0.4) is 0 Å². The second-order valence-corrected chi connectivity index (χ2v) is 7.51. The van der Waals surface area contributed by atoms with Crippen molar-refractivity contribution in [3.05, 3.63) is 59.7 Å². The van der Waals surface area contributed by atoms with Crippen molar-refractivity contribution >= 4 is 15.8 Å². The van der Waals surface area contributed by atoms with Gasteiger partial charge in [0.15, 0.2) is 21.4 Å². The van der Waals surface area contributed by atoms with Gasteiger partial charge in [-0.05, 0) is 31.2 Å². The van der Waals surface area contributed by atoms with E-state index in [1.165, 1.54) is 31.2 Å². The summed E-state index contributed by atoms with van der Waals surface area (Å²) in [5.74, 6) is -2.95. The van der Waals surface area contributed by atoms with Crippen LogP contribution in [0.25, 0.3) is 0 Å². The predicted molar refractivity (Wildman–Crippen MR) is 85.9 cm³/mol. The molecular formula is C17H16F2O5S. The Bertz CT molecular complexity index is 894. The van der Waals surface area contributed by atoms with Crippen LogP contribution in [-0.4, -0.2) is 27.8 Å². The van der Waals surface area contributed by atoms with Crippen LogP contribution in [0.4, 0.5) is 8.78 Å². The Balaban J connectivity index is 2.49. The summed E-state index contributed by atoms with van der Waals surface area (Å²) in [5.41, 5.74) is -1.51. The van der Waals surface area contributed by atoms with Crippen molar-refractivity contribution in [3.63, 3.8) is 0 Å². The number of carbonyl (C=O) groups excluding carboxylic acids is 1. The van der Waals surface area contributed by atoms with Gasteiger partial charge in [0.25, 0.3) is 0 Å². The zero-order valence-electron chi connectivity index (χ0n) is 13.7. The lowest BCUT2D eigenvalue weighted by Crippen LogP contribution is -2.40. The van der Waals surface area contributed by atoms with Gasteiger partial charge in [0.2, 0.25) is 5.60 Å². The molecule has 0 fully saturated rings. The highest BCUT2D eigenvalue weighted by atomic mass is 32.2. The summed E-state index contributed by atoms with van der Waals surface area (Å²) in [5, 5.41) is 0. The molecule has 0 saturated heterocycles. The normalized spacial score (nSPS) is 13.8. The van der Waals surface area contributed by atoms with E-state index in [1.807, 2.05) is 0 Å². The number of sulfone groups is 1. The Hall–Kier alpha value is -2.48. The number of hydrogen-bond acceptors (Lipinski definition) is 5. The molecule has 1 unspecified atom stereocenters. The monoisotopic (exact) mass is 370 g/mol. The van der Waals surface area contributed by atoms with Crippen LogP contribution < -0.4 is 4.74 Å². The van der Waals surface area contributed by atoms with Gasteiger partial charge >= 0.3 is 5.97 Å². The Morgan fingerprint density at radius 2 is 1.68 bits per heavy atom. The van der Waals surface area contributed by atoms with Gasteiger partial charge in [-0.25, -0.2) is 22.0 Å². The van der Waals surface area contributed by atoms with Crippen LogP contribution in [0.5, 0.6) is 5.75 Å². The van der Waals surface area contributed by atoms with Crippen LogP contribution in [0.2, 0.25) is 0 Å². The van der Waals surface area contributed by atoms with Crippen molar-refractivity contribution in [1.29, 1.82) is 0 Å². The third-order valence-corrected chi connectivity index (χ3v) is 4.74. The molecule has 134 valence electrons. The Labute approximate surface area is 144 Å². The van der Waals surface area contributed by atoms with Gasteiger partial charge < -0.3 is 9.47 Å². The van der Waals surface area contributed by atoms with Crippen molar-refractivity contribution in [2.75, 3.05) is 13.4 Å². The van der Waals surface area contributed by atoms with Gasteiger partial charge in [-0.2, -0.15) is 0 Å². The third kappa shape index (κ3) is 3.96. The molecule has 0 radical (unpaired) electrons. The minimum absolute atomic E-state index is 0.0522. The molecule has 0 saturated carbocycles. The molecule has 0 aliphatic heterocycles. The van der Waals surface area contributed by atoms with Gasteiger partial charge in [0.05, 0.1) is 12.0 Å². The number of rotatable bonds is 5. The van der Waals surface area contributed by atoms with E-state index in [2.05, 4.69) is 0 Å². The fraction of sp³-hybridized carbons (Fsp3) is 0.235. The molecule has 2 rings (SSSR count). The molecule has 8 heteroatoms. The van der Waals surface area contributed by atoms with Crippen LogP contribution in [0.1, 0.15) is 12.5 Å². The Kier molecular flexibility index (Phi) is 5.12. The standard InChI is InChI=1S/C17H16F2O5S/c1-17(16(20)23-2,24-15-9-6-12(18)10-14(15)19)11-4-7-13(8-5-11)25(3,21)22/h4-10H,1-3H3. The summed E-state index contributed by atoms with van der Waals surface area (Å²) in [6.07, 6.45) is 1.05. The molecule has 0 amide bonds. The molecule has 0 aliphatic rings. The van der Waals surface area contributed by atoms with Gasteiger partial charge in [-0.3, -0.25) is 0 Å². The summed E-state index contributed by atoms with van der Waals surface area (Å²) in [4.78, 5) is 12.3. The second-order valence-electron chi connectivity index (χ2n) is 5.50. The fourth-order valence-electron chi connectivity index (χ4n) is 2.21. The first-order valence-corrected chi connectivity index (χ1v) is 9.00. The van der Waals surface area contributed by atoms with Crippen molar-refractivity contribution in [1.82, 2.24) is 0 Å². The number of methoxy groups -OCH3 is 1. The summed E-state index contributed by atoms with van der Waals surface area (Å²) < 4.78 is 60.2. The minimum atomic E-state index is -3.42. The Morgan fingerprint density at radius 3 is 2.16 bits per heavy atom. The van der Waals surface area contributed by atoms with Crippen molar-refractivity contribution < 1.29 is 31.5 Å². The van der Waals surface area contributed by atoms with E-state index in [1.54, 1.807) is 0 Å². The highest BCUT2D eigenvalue weighted by molar-refractivity contribution is 7.90. The average Bonchev–Trinajstić information content (AvgIpc) is 2.56. The quantitative estimate of drug-likeness (QED) is 0.757. The largest absolute Gasteiger partial charge is 0.468 e. The number of hydrogen-bond donors (Lipinski definition) is 0. The zero-order chi connectivity index (χ0) is 18.8. The maximum absolute atomic E-state index is 13.9. The van der Waals surface area contributed by atoms with E-state index in [4.69, 9.17) is 9.47 Å². The molecule has 0 aromatic heterocycles. The van der Waals surface area contributed by atoms with E-state index in [0.717, 1.165) is 25.5 Å². The zero-order valence-corrected chi connectivity index (χ0v) is 14.6. The first kappa shape index (κ1) is 18.9. The summed E-state index contributed by atoms with van der Waals surface area (Å²) >= 11 is 0. The highest BCUT2D eigenvalue weighted by Crippen LogP contribution is 2.32. The summed E-state index contributed by atoms with van der Waals surface area (Å²) in [7, 11) is -2.29. The van der Waals surface area contributed by atoms with E-state index in [9.17, 15) is 22.0 Å². The molecule has 2 aromatic rings. The number of benzene rings is 2. The lowest BCUT2D eigenvalue weighted by Gasteiger charge is -2.28. The van der Waals surface area contributed by atoms with Crippen LogP contribution in [0.15, 0.2) is 47.4 Å². The van der Waals surface area contributed by atoms with Gasteiger partial charge in [-0.1, -0.05) is 12.1 Å². The van der Waals surface area contributed by atoms with Gasteiger partial charge in [-0.15, -0.1) is 0 Å². The maximum atomic E-state index is 13.9. The van der Waals surface area contributed by atoms with E-state index in [-0.39, 0.29) is 16.2 Å². The Morgan fingerprint density at radius 1 is 1.08 bits per heavy atom.